The Balaban J connectivity index is 1.41. The van der Waals surface area contributed by atoms with E-state index < -0.39 is 11.6 Å². The Bertz CT molecular complexity index is 1690. The number of imidazole rings is 1. The number of aromatic nitrogens is 2. The van der Waals surface area contributed by atoms with E-state index >= 15 is 0 Å². The summed E-state index contributed by atoms with van der Waals surface area (Å²) in [5.74, 6) is 0.590. The lowest BCUT2D eigenvalue weighted by atomic mass is 9.76. The first-order valence-electron chi connectivity index (χ1n) is 16.6. The summed E-state index contributed by atoms with van der Waals surface area (Å²) in [6, 6.07) is 41.2. The van der Waals surface area contributed by atoms with Crippen molar-refractivity contribution in [3.8, 4) is 0 Å². The van der Waals surface area contributed by atoms with Crippen LogP contribution in [0.1, 0.15) is 53.5 Å². The summed E-state index contributed by atoms with van der Waals surface area (Å²) in [6.07, 6.45) is 2.55. The van der Waals surface area contributed by atoms with Gasteiger partial charge in [-0.2, -0.15) is 0 Å². The van der Waals surface area contributed by atoms with Gasteiger partial charge in [0, 0.05) is 45.8 Å². The number of hydrogen-bond acceptors (Lipinski definition) is 4. The van der Waals surface area contributed by atoms with Gasteiger partial charge in [0.15, 0.2) is 0 Å². The van der Waals surface area contributed by atoms with E-state index in [0.29, 0.717) is 11.5 Å². The fourth-order valence-electron chi connectivity index (χ4n) is 6.99. The second-order valence-electron chi connectivity index (χ2n) is 12.6. The molecule has 48 heavy (non-hydrogen) atoms. The van der Waals surface area contributed by atoms with Crippen LogP contribution in [-0.4, -0.2) is 67.5 Å². The maximum atomic E-state index is 12.8. The van der Waals surface area contributed by atoms with E-state index in [2.05, 4.69) is 70.1 Å². The zero-order valence-electron chi connectivity index (χ0n) is 27.7. The van der Waals surface area contributed by atoms with Gasteiger partial charge in [0.05, 0.1) is 18.8 Å². The number of hydrogen-bond donors (Lipinski definition) is 1. The number of carbonyl (C=O) groups excluding carboxylic acids is 1. The van der Waals surface area contributed by atoms with Gasteiger partial charge in [-0.25, -0.2) is 9.78 Å². The van der Waals surface area contributed by atoms with E-state index in [4.69, 9.17) is 4.98 Å². The summed E-state index contributed by atoms with van der Waals surface area (Å²) < 4.78 is 2.16. The summed E-state index contributed by atoms with van der Waals surface area (Å²) in [6.45, 7) is 4.46. The molecule has 1 N–H and O–H groups in total. The van der Waals surface area contributed by atoms with Crippen LogP contribution in [0.3, 0.4) is 0 Å². The molecule has 0 aliphatic carbocycles. The molecule has 6 rings (SSSR count). The van der Waals surface area contributed by atoms with Gasteiger partial charge in [0.2, 0.25) is 5.91 Å². The molecule has 4 aromatic carbocycles. The van der Waals surface area contributed by atoms with Crippen LogP contribution in [0.2, 0.25) is 0 Å². The first-order chi connectivity index (χ1) is 23.4. The molecule has 5 aromatic rings. The third kappa shape index (κ3) is 6.89. The third-order valence-electron chi connectivity index (χ3n) is 9.51. The summed E-state index contributed by atoms with van der Waals surface area (Å²) in [5.41, 5.74) is 4.14. The molecule has 8 nitrogen and oxygen atoms in total. The lowest BCUT2D eigenvalue weighted by Crippen LogP contribution is -2.46. The molecule has 1 aliphatic rings. The van der Waals surface area contributed by atoms with Gasteiger partial charge in [0.25, 0.3) is 0 Å². The fraction of sp³-hybridized carbons (Fsp3) is 0.275. The molecule has 0 radical (unpaired) electrons. The van der Waals surface area contributed by atoms with Crippen molar-refractivity contribution in [1.82, 2.24) is 24.3 Å². The predicted molar refractivity (Wildman–Crippen MR) is 187 cm³/mol. The van der Waals surface area contributed by atoms with E-state index in [1.807, 2.05) is 66.9 Å². The van der Waals surface area contributed by atoms with Crippen LogP contribution in [0.5, 0.6) is 0 Å². The number of amides is 2. The van der Waals surface area contributed by atoms with Crippen LogP contribution in [-0.2, 0) is 30.0 Å². The molecule has 2 amide bonds. The smallest absolute Gasteiger partial charge is 0.407 e. The maximum absolute atomic E-state index is 12.8. The molecule has 0 spiro atoms. The Labute approximate surface area is 282 Å². The Hall–Kier alpha value is -5.21. The third-order valence-corrected chi connectivity index (χ3v) is 9.51. The minimum Gasteiger partial charge on any atom is -0.465 e. The molecule has 0 atom stereocenters. The molecular weight excluding hydrogens is 598 g/mol. The number of benzene rings is 4. The van der Waals surface area contributed by atoms with Gasteiger partial charge in [-0.15, -0.1) is 0 Å². The Morgan fingerprint density at radius 2 is 1.25 bits per heavy atom. The topological polar surface area (TPSA) is 81.9 Å². The van der Waals surface area contributed by atoms with Gasteiger partial charge in [-0.1, -0.05) is 121 Å². The average Bonchev–Trinajstić information content (AvgIpc) is 3.51. The van der Waals surface area contributed by atoms with Gasteiger partial charge in [-0.05, 0) is 35.1 Å². The van der Waals surface area contributed by atoms with Crippen molar-refractivity contribution in [2.75, 3.05) is 20.1 Å². The van der Waals surface area contributed by atoms with Crippen LogP contribution in [0.4, 0.5) is 4.79 Å². The number of piperidine rings is 1. The van der Waals surface area contributed by atoms with E-state index in [9.17, 15) is 14.7 Å². The van der Waals surface area contributed by atoms with Crippen molar-refractivity contribution in [3.63, 3.8) is 0 Å². The van der Waals surface area contributed by atoms with Crippen molar-refractivity contribution in [2.45, 2.75) is 51.0 Å². The number of likely N-dealkylation sites (tertiary alicyclic amines) is 1. The Morgan fingerprint density at radius 3 is 1.71 bits per heavy atom. The first kappa shape index (κ1) is 32.7. The van der Waals surface area contributed by atoms with Gasteiger partial charge >= 0.3 is 6.09 Å². The second kappa shape index (κ2) is 14.7. The predicted octanol–water partition coefficient (Wildman–Crippen LogP) is 6.85. The van der Waals surface area contributed by atoms with E-state index in [1.165, 1.54) is 5.56 Å². The van der Waals surface area contributed by atoms with E-state index in [1.54, 1.807) is 23.8 Å². The van der Waals surface area contributed by atoms with Gasteiger partial charge in [-0.3, -0.25) is 14.6 Å². The number of carboxylic acid groups (broad SMARTS) is 1. The lowest BCUT2D eigenvalue weighted by Gasteiger charge is -2.39. The zero-order chi connectivity index (χ0) is 33.5. The fourth-order valence-corrected chi connectivity index (χ4v) is 6.99. The molecule has 246 valence electrons. The molecule has 1 fully saturated rings. The van der Waals surface area contributed by atoms with Crippen molar-refractivity contribution in [1.29, 1.82) is 0 Å². The number of carbonyl (C=O) groups is 2. The van der Waals surface area contributed by atoms with Crippen LogP contribution in [0.25, 0.3) is 0 Å². The molecule has 0 unspecified atom stereocenters. The Morgan fingerprint density at radius 1 is 0.771 bits per heavy atom. The minimum atomic E-state index is -0.950. The molecule has 1 saturated heterocycles. The SMILES string of the molecule is CC(=O)N(C)Cc1nc(CN(C(=O)O)C2CCN(Cc3ccccc3)CC2)cn1C(c1ccccc1)(c1ccccc1)c1ccccc1. The summed E-state index contributed by atoms with van der Waals surface area (Å²) in [7, 11) is 1.77. The number of rotatable bonds is 11. The van der Waals surface area contributed by atoms with Gasteiger partial charge in [0.1, 0.15) is 11.4 Å². The van der Waals surface area contributed by atoms with Crippen LogP contribution in [0.15, 0.2) is 128 Å². The zero-order valence-corrected chi connectivity index (χ0v) is 27.7. The Kier molecular flexibility index (Phi) is 10.0. The van der Waals surface area contributed by atoms with E-state index in [0.717, 1.165) is 49.2 Å². The molecule has 0 bridgehead atoms. The highest BCUT2D eigenvalue weighted by Gasteiger charge is 2.41. The van der Waals surface area contributed by atoms with Crippen molar-refractivity contribution < 1.29 is 14.7 Å². The van der Waals surface area contributed by atoms with E-state index in [-0.39, 0.29) is 25.0 Å². The molecule has 8 heteroatoms. The average molecular weight is 642 g/mol. The van der Waals surface area contributed by atoms with Crippen LogP contribution >= 0.6 is 0 Å². The highest BCUT2D eigenvalue weighted by Crippen LogP contribution is 2.42. The van der Waals surface area contributed by atoms with Gasteiger partial charge < -0.3 is 14.6 Å². The number of nitrogens with zero attached hydrogens (tertiary/aromatic N) is 5. The first-order valence-corrected chi connectivity index (χ1v) is 16.6. The highest BCUT2D eigenvalue weighted by atomic mass is 16.4. The standard InChI is InChI=1S/C40H43N5O3/c1-31(46)42(2)30-38-41-36(28-44(39(47)48)37-23-25-43(26-24-37)27-32-15-7-3-8-16-32)29-45(38)40(33-17-9-4-10-18-33,34-19-11-5-12-20-34)35-21-13-6-14-22-35/h3-22,29,37H,23-28,30H2,1-2H3,(H,47,48). The summed E-state index contributed by atoms with van der Waals surface area (Å²) in [4.78, 5) is 36.1. The normalized spacial score (nSPS) is 14.0. The molecule has 1 aliphatic heterocycles. The van der Waals surface area contributed by atoms with Crippen LogP contribution in [0, 0.1) is 0 Å². The summed E-state index contributed by atoms with van der Waals surface area (Å²) in [5, 5.41) is 10.5. The highest BCUT2D eigenvalue weighted by molar-refractivity contribution is 5.72. The molecule has 2 heterocycles. The quantitative estimate of drug-likeness (QED) is 0.160. The maximum Gasteiger partial charge on any atom is 0.407 e. The van der Waals surface area contributed by atoms with Crippen molar-refractivity contribution in [2.24, 2.45) is 0 Å². The molecular formula is C40H43N5O3. The molecule has 0 saturated carbocycles. The second-order valence-corrected chi connectivity index (χ2v) is 12.6. The monoisotopic (exact) mass is 641 g/mol. The van der Waals surface area contributed by atoms with Crippen molar-refractivity contribution >= 4 is 12.0 Å². The van der Waals surface area contributed by atoms with Crippen LogP contribution < -0.4 is 0 Å². The molecule has 1 aromatic heterocycles. The van der Waals surface area contributed by atoms with Crippen molar-refractivity contribution in [3.05, 3.63) is 161 Å². The minimum absolute atomic E-state index is 0.0785. The lowest BCUT2D eigenvalue weighted by molar-refractivity contribution is -0.128. The summed E-state index contributed by atoms with van der Waals surface area (Å²) >= 11 is 0. The largest absolute Gasteiger partial charge is 0.465 e.